The first kappa shape index (κ1) is 17.8. The number of carbonyl (C=O) groups excluding carboxylic acids is 1. The average molecular weight is 339 g/mol. The molecule has 0 aromatic heterocycles. The summed E-state index contributed by atoms with van der Waals surface area (Å²) in [5.41, 5.74) is 1.22. The van der Waals surface area contributed by atoms with Crippen molar-refractivity contribution in [1.82, 2.24) is 4.90 Å². The molecule has 0 atom stereocenters. The smallest absolute Gasteiger partial charge is 0.260 e. The number of nitrogens with zero attached hydrogens (tertiary/aromatic N) is 1. The second kappa shape index (κ2) is 7.81. The number of carbonyl (C=O) groups is 1. The van der Waals surface area contributed by atoms with Crippen molar-refractivity contribution < 1.29 is 17.9 Å². The minimum Gasteiger partial charge on any atom is -0.484 e. The van der Waals surface area contributed by atoms with Crippen molar-refractivity contribution in [2.75, 3.05) is 25.4 Å². The van der Waals surface area contributed by atoms with E-state index in [1.165, 1.54) is 5.56 Å². The maximum absolute atomic E-state index is 12.2. The van der Waals surface area contributed by atoms with Crippen LogP contribution in [0.15, 0.2) is 24.3 Å². The fraction of sp³-hybridized carbons (Fsp3) is 0.588. The Bertz CT molecular complexity index is 616. The zero-order valence-corrected chi connectivity index (χ0v) is 14.6. The van der Waals surface area contributed by atoms with Crippen molar-refractivity contribution in [3.8, 4) is 5.75 Å². The predicted octanol–water partition coefficient (Wildman–Crippen LogP) is 2.05. The van der Waals surface area contributed by atoms with Gasteiger partial charge in [-0.05, 0) is 37.0 Å². The summed E-state index contributed by atoms with van der Waals surface area (Å²) in [6, 6.07) is 7.71. The highest BCUT2D eigenvalue weighted by molar-refractivity contribution is 7.92. The van der Waals surface area contributed by atoms with Crippen LogP contribution in [0, 0.1) is 0 Å². The molecule has 0 aliphatic carbocycles. The van der Waals surface area contributed by atoms with Gasteiger partial charge in [-0.3, -0.25) is 4.79 Å². The standard InChI is InChI=1S/C17H25NO4S/c1-3-14-5-7-15(8-6-14)22-13-17(19)18-11-9-16(10-12-18)23(20,21)4-2/h5-8,16H,3-4,9-13H2,1-2H3. The van der Waals surface area contributed by atoms with Gasteiger partial charge in [-0.2, -0.15) is 0 Å². The predicted molar refractivity (Wildman–Crippen MR) is 90.4 cm³/mol. The molecule has 128 valence electrons. The van der Waals surface area contributed by atoms with E-state index >= 15 is 0 Å². The summed E-state index contributed by atoms with van der Waals surface area (Å²) >= 11 is 0. The number of likely N-dealkylation sites (tertiary alicyclic amines) is 1. The molecule has 1 aromatic carbocycles. The first-order valence-corrected chi connectivity index (χ1v) is 9.89. The number of rotatable bonds is 6. The molecule has 1 aromatic rings. The number of amides is 1. The van der Waals surface area contributed by atoms with Gasteiger partial charge in [-0.25, -0.2) is 8.42 Å². The highest BCUT2D eigenvalue weighted by Crippen LogP contribution is 2.19. The molecule has 0 spiro atoms. The summed E-state index contributed by atoms with van der Waals surface area (Å²) in [4.78, 5) is 13.9. The Labute approximate surface area is 138 Å². The van der Waals surface area contributed by atoms with E-state index in [9.17, 15) is 13.2 Å². The van der Waals surface area contributed by atoms with Crippen molar-refractivity contribution in [3.63, 3.8) is 0 Å². The number of piperidine rings is 1. The molecule has 0 N–H and O–H groups in total. The molecule has 1 heterocycles. The third-order valence-corrected chi connectivity index (χ3v) is 6.69. The van der Waals surface area contributed by atoms with Crippen LogP contribution in [0.1, 0.15) is 32.3 Å². The van der Waals surface area contributed by atoms with E-state index in [-0.39, 0.29) is 23.5 Å². The van der Waals surface area contributed by atoms with Gasteiger partial charge in [0.15, 0.2) is 16.4 Å². The van der Waals surface area contributed by atoms with Gasteiger partial charge in [-0.15, -0.1) is 0 Å². The van der Waals surface area contributed by atoms with E-state index < -0.39 is 9.84 Å². The highest BCUT2D eigenvalue weighted by atomic mass is 32.2. The van der Waals surface area contributed by atoms with Gasteiger partial charge in [0.1, 0.15) is 5.75 Å². The number of sulfone groups is 1. The van der Waals surface area contributed by atoms with Crippen molar-refractivity contribution in [1.29, 1.82) is 0 Å². The molecule has 1 amide bonds. The quantitative estimate of drug-likeness (QED) is 0.796. The van der Waals surface area contributed by atoms with Crippen molar-refractivity contribution >= 4 is 15.7 Å². The van der Waals surface area contributed by atoms with Gasteiger partial charge in [0, 0.05) is 18.8 Å². The van der Waals surface area contributed by atoms with Crippen LogP contribution in [0.4, 0.5) is 0 Å². The summed E-state index contributed by atoms with van der Waals surface area (Å²) in [7, 11) is -3.00. The van der Waals surface area contributed by atoms with Crippen LogP contribution in [0.2, 0.25) is 0 Å². The van der Waals surface area contributed by atoms with Crippen LogP contribution in [0.25, 0.3) is 0 Å². The SMILES string of the molecule is CCc1ccc(OCC(=O)N2CCC(S(=O)(=O)CC)CC2)cc1. The zero-order chi connectivity index (χ0) is 16.9. The highest BCUT2D eigenvalue weighted by Gasteiger charge is 2.30. The number of aryl methyl sites for hydroxylation is 1. The monoisotopic (exact) mass is 339 g/mol. The lowest BCUT2D eigenvalue weighted by Crippen LogP contribution is -2.44. The molecule has 1 fully saturated rings. The molecule has 1 saturated heterocycles. The van der Waals surface area contributed by atoms with Crippen LogP contribution < -0.4 is 4.74 Å². The van der Waals surface area contributed by atoms with E-state index in [0.29, 0.717) is 31.7 Å². The summed E-state index contributed by atoms with van der Waals surface area (Å²) in [6.45, 7) is 4.73. The number of hydrogen-bond acceptors (Lipinski definition) is 4. The van der Waals surface area contributed by atoms with Gasteiger partial charge in [-0.1, -0.05) is 26.0 Å². The minimum atomic E-state index is -3.00. The maximum atomic E-state index is 12.2. The lowest BCUT2D eigenvalue weighted by Gasteiger charge is -2.31. The third kappa shape index (κ3) is 4.70. The first-order valence-electron chi connectivity index (χ1n) is 8.17. The molecule has 0 unspecified atom stereocenters. The molecule has 23 heavy (non-hydrogen) atoms. The molecule has 2 rings (SSSR count). The van der Waals surface area contributed by atoms with Crippen molar-refractivity contribution in [2.45, 2.75) is 38.4 Å². The van der Waals surface area contributed by atoms with Gasteiger partial charge in [0.2, 0.25) is 0 Å². The molecular formula is C17H25NO4S. The Kier molecular flexibility index (Phi) is 6.04. The molecule has 0 saturated carbocycles. The molecule has 5 nitrogen and oxygen atoms in total. The van der Waals surface area contributed by atoms with Gasteiger partial charge < -0.3 is 9.64 Å². The van der Waals surface area contributed by atoms with Gasteiger partial charge >= 0.3 is 0 Å². The number of benzene rings is 1. The van der Waals surface area contributed by atoms with E-state index in [2.05, 4.69) is 6.92 Å². The third-order valence-electron chi connectivity index (χ3n) is 4.40. The second-order valence-corrected chi connectivity index (χ2v) is 8.39. The summed E-state index contributed by atoms with van der Waals surface area (Å²) in [5.74, 6) is 0.763. The molecule has 1 aliphatic rings. The van der Waals surface area contributed by atoms with Crippen LogP contribution in [-0.2, 0) is 21.1 Å². The Morgan fingerprint density at radius 3 is 2.30 bits per heavy atom. The average Bonchev–Trinajstić information content (AvgIpc) is 2.60. The lowest BCUT2D eigenvalue weighted by atomic mass is 10.1. The number of hydrogen-bond donors (Lipinski definition) is 0. The molecule has 0 bridgehead atoms. The Morgan fingerprint density at radius 1 is 1.17 bits per heavy atom. The summed E-state index contributed by atoms with van der Waals surface area (Å²) < 4.78 is 29.3. The first-order chi connectivity index (χ1) is 11.0. The maximum Gasteiger partial charge on any atom is 0.260 e. The fourth-order valence-electron chi connectivity index (χ4n) is 2.76. The fourth-order valence-corrected chi connectivity index (χ4v) is 4.16. The van der Waals surface area contributed by atoms with E-state index in [4.69, 9.17) is 4.74 Å². The normalized spacial score (nSPS) is 16.3. The topological polar surface area (TPSA) is 63.7 Å². The summed E-state index contributed by atoms with van der Waals surface area (Å²) in [5, 5.41) is -0.306. The largest absolute Gasteiger partial charge is 0.484 e. The van der Waals surface area contributed by atoms with Crippen LogP contribution in [-0.4, -0.2) is 49.9 Å². The van der Waals surface area contributed by atoms with E-state index in [0.717, 1.165) is 6.42 Å². The van der Waals surface area contributed by atoms with Crippen LogP contribution in [0.5, 0.6) is 5.75 Å². The molecule has 1 aliphatic heterocycles. The van der Waals surface area contributed by atoms with Crippen LogP contribution >= 0.6 is 0 Å². The zero-order valence-electron chi connectivity index (χ0n) is 13.8. The van der Waals surface area contributed by atoms with Gasteiger partial charge in [0.25, 0.3) is 5.91 Å². The Hall–Kier alpha value is -1.56. The summed E-state index contributed by atoms with van der Waals surface area (Å²) in [6.07, 6.45) is 2.01. The Balaban J connectivity index is 1.81. The second-order valence-electron chi connectivity index (χ2n) is 5.82. The Morgan fingerprint density at radius 2 is 1.78 bits per heavy atom. The minimum absolute atomic E-state index is 0.00331. The van der Waals surface area contributed by atoms with E-state index in [1.54, 1.807) is 11.8 Å². The van der Waals surface area contributed by atoms with Crippen molar-refractivity contribution in [3.05, 3.63) is 29.8 Å². The number of ether oxygens (including phenoxy) is 1. The van der Waals surface area contributed by atoms with Crippen molar-refractivity contribution in [2.24, 2.45) is 0 Å². The van der Waals surface area contributed by atoms with E-state index in [1.807, 2.05) is 24.3 Å². The van der Waals surface area contributed by atoms with Gasteiger partial charge in [0.05, 0.1) is 5.25 Å². The molecule has 0 radical (unpaired) electrons. The molecular weight excluding hydrogens is 314 g/mol. The lowest BCUT2D eigenvalue weighted by molar-refractivity contribution is -0.134. The van der Waals surface area contributed by atoms with Crippen LogP contribution in [0.3, 0.4) is 0 Å². The molecule has 6 heteroatoms.